The topological polar surface area (TPSA) is 35.6 Å². The van der Waals surface area contributed by atoms with Crippen LogP contribution in [0.1, 0.15) is 32.3 Å². The lowest BCUT2D eigenvalue weighted by molar-refractivity contribution is -0.127. The molecule has 0 aromatic heterocycles. The normalized spacial score (nSPS) is 10.5. The molecule has 0 saturated heterocycles. The predicted molar refractivity (Wildman–Crippen MR) is 89.6 cm³/mol. The van der Waals surface area contributed by atoms with E-state index >= 15 is 0 Å². The maximum Gasteiger partial charge on any atom is 0.241 e. The summed E-state index contributed by atoms with van der Waals surface area (Å²) < 4.78 is 0. The predicted octanol–water partition coefficient (Wildman–Crippen LogP) is 2.49. The quantitative estimate of drug-likeness (QED) is 0.710. The minimum absolute atomic E-state index is 0.136. The van der Waals surface area contributed by atoms with Crippen LogP contribution < -0.4 is 10.2 Å². The molecule has 0 aliphatic carbocycles. The van der Waals surface area contributed by atoms with Crippen molar-refractivity contribution in [3.8, 4) is 0 Å². The van der Waals surface area contributed by atoms with Crippen LogP contribution in [0.15, 0.2) is 24.3 Å². The molecule has 0 spiro atoms. The maximum atomic E-state index is 11.9. The summed E-state index contributed by atoms with van der Waals surface area (Å²) in [6.45, 7) is 7.58. The molecule has 1 amide bonds. The molecule has 0 aliphatic rings. The van der Waals surface area contributed by atoms with Crippen LogP contribution in [0.5, 0.6) is 0 Å². The molecule has 1 N–H and O–H groups in total. The molecule has 0 atom stereocenters. The summed E-state index contributed by atoms with van der Waals surface area (Å²) in [7, 11) is 3.60. The van der Waals surface area contributed by atoms with Gasteiger partial charge in [0.15, 0.2) is 0 Å². The first-order valence-electron chi connectivity index (χ1n) is 7.83. The zero-order chi connectivity index (χ0) is 15.7. The fourth-order valence-electron chi connectivity index (χ4n) is 2.11. The number of rotatable bonds is 9. The van der Waals surface area contributed by atoms with Crippen molar-refractivity contribution in [1.82, 2.24) is 10.2 Å². The molecule has 0 bridgehead atoms. The Balaban J connectivity index is 2.67. The van der Waals surface area contributed by atoms with Gasteiger partial charge < -0.3 is 15.1 Å². The monoisotopic (exact) mass is 291 g/mol. The van der Waals surface area contributed by atoms with Gasteiger partial charge >= 0.3 is 0 Å². The first-order valence-corrected chi connectivity index (χ1v) is 7.83. The Morgan fingerprint density at radius 2 is 1.76 bits per heavy atom. The van der Waals surface area contributed by atoms with Crippen LogP contribution in [0, 0.1) is 0 Å². The Hall–Kier alpha value is -1.55. The summed E-state index contributed by atoms with van der Waals surface area (Å²) in [4.78, 5) is 15.7. The van der Waals surface area contributed by atoms with Gasteiger partial charge in [0.05, 0.1) is 6.54 Å². The molecule has 1 aromatic carbocycles. The highest BCUT2D eigenvalue weighted by Gasteiger charge is 2.12. The van der Waals surface area contributed by atoms with E-state index in [1.54, 1.807) is 19.0 Å². The number of nitrogens with zero attached hydrogens (tertiary/aromatic N) is 2. The lowest BCUT2D eigenvalue weighted by Crippen LogP contribution is -2.37. The number of hydrogen-bond acceptors (Lipinski definition) is 3. The van der Waals surface area contributed by atoms with Crippen molar-refractivity contribution in [3.05, 3.63) is 29.8 Å². The maximum absolute atomic E-state index is 11.9. The first kappa shape index (κ1) is 17.5. The van der Waals surface area contributed by atoms with E-state index in [1.807, 2.05) is 0 Å². The Kier molecular flexibility index (Phi) is 7.83. The SMILES string of the molecule is CCCNCc1ccc(N(CCC)CC(=O)N(C)C)cc1. The first-order chi connectivity index (χ1) is 10.1. The second-order valence-corrected chi connectivity index (χ2v) is 5.55. The molecular formula is C17H29N3O. The highest BCUT2D eigenvalue weighted by atomic mass is 16.2. The van der Waals surface area contributed by atoms with Gasteiger partial charge in [-0.15, -0.1) is 0 Å². The van der Waals surface area contributed by atoms with Gasteiger partial charge in [-0.1, -0.05) is 26.0 Å². The molecule has 0 unspecified atom stereocenters. The number of carbonyl (C=O) groups excluding carboxylic acids is 1. The van der Waals surface area contributed by atoms with Crippen molar-refractivity contribution in [2.45, 2.75) is 33.2 Å². The van der Waals surface area contributed by atoms with E-state index in [0.717, 1.165) is 38.2 Å². The van der Waals surface area contributed by atoms with Gasteiger partial charge in [0.25, 0.3) is 0 Å². The molecule has 118 valence electrons. The summed E-state index contributed by atoms with van der Waals surface area (Å²) in [5.74, 6) is 0.136. The number of hydrogen-bond donors (Lipinski definition) is 1. The van der Waals surface area contributed by atoms with E-state index in [0.29, 0.717) is 6.54 Å². The van der Waals surface area contributed by atoms with E-state index in [1.165, 1.54) is 5.56 Å². The minimum atomic E-state index is 0.136. The van der Waals surface area contributed by atoms with E-state index in [2.05, 4.69) is 48.3 Å². The molecular weight excluding hydrogens is 262 g/mol. The Morgan fingerprint density at radius 3 is 2.29 bits per heavy atom. The van der Waals surface area contributed by atoms with Gasteiger partial charge in [0.1, 0.15) is 0 Å². The minimum Gasteiger partial charge on any atom is -0.362 e. The van der Waals surface area contributed by atoms with Crippen molar-refractivity contribution in [2.24, 2.45) is 0 Å². The van der Waals surface area contributed by atoms with Gasteiger partial charge in [-0.3, -0.25) is 4.79 Å². The molecule has 21 heavy (non-hydrogen) atoms. The van der Waals surface area contributed by atoms with Crippen LogP contribution >= 0.6 is 0 Å². The largest absolute Gasteiger partial charge is 0.362 e. The van der Waals surface area contributed by atoms with Crippen LogP contribution in [0.4, 0.5) is 5.69 Å². The van der Waals surface area contributed by atoms with Crippen molar-refractivity contribution < 1.29 is 4.79 Å². The number of amides is 1. The average Bonchev–Trinajstić information content (AvgIpc) is 2.47. The van der Waals surface area contributed by atoms with E-state index in [9.17, 15) is 4.79 Å². The van der Waals surface area contributed by atoms with Crippen molar-refractivity contribution in [1.29, 1.82) is 0 Å². The van der Waals surface area contributed by atoms with Gasteiger partial charge in [-0.05, 0) is 37.1 Å². The standard InChI is InChI=1S/C17H29N3O/c1-5-11-18-13-15-7-9-16(10-8-15)20(12-6-2)14-17(21)19(3)4/h7-10,18H,5-6,11-14H2,1-4H3. The van der Waals surface area contributed by atoms with Crippen LogP contribution in [0.3, 0.4) is 0 Å². The molecule has 1 rings (SSSR count). The number of likely N-dealkylation sites (N-methyl/N-ethyl adjacent to an activating group) is 1. The Bertz CT molecular complexity index is 415. The summed E-state index contributed by atoms with van der Waals surface area (Å²) in [6, 6.07) is 8.50. The molecule has 0 fully saturated rings. The summed E-state index contributed by atoms with van der Waals surface area (Å²) in [6.07, 6.45) is 2.18. The lowest BCUT2D eigenvalue weighted by atomic mass is 10.2. The third-order valence-electron chi connectivity index (χ3n) is 3.38. The van der Waals surface area contributed by atoms with Crippen molar-refractivity contribution in [2.75, 3.05) is 38.6 Å². The van der Waals surface area contributed by atoms with Crippen LogP contribution in [-0.4, -0.2) is 44.5 Å². The lowest BCUT2D eigenvalue weighted by Gasteiger charge is -2.25. The third kappa shape index (κ3) is 6.17. The smallest absolute Gasteiger partial charge is 0.241 e. The number of carbonyl (C=O) groups is 1. The molecule has 4 nitrogen and oxygen atoms in total. The van der Waals surface area contributed by atoms with E-state index in [4.69, 9.17) is 0 Å². The van der Waals surface area contributed by atoms with Crippen LogP contribution in [0.2, 0.25) is 0 Å². The van der Waals surface area contributed by atoms with E-state index in [-0.39, 0.29) is 5.91 Å². The van der Waals surface area contributed by atoms with Crippen LogP contribution in [0.25, 0.3) is 0 Å². The molecule has 4 heteroatoms. The van der Waals surface area contributed by atoms with Gasteiger partial charge in [-0.25, -0.2) is 0 Å². The van der Waals surface area contributed by atoms with Gasteiger partial charge in [0, 0.05) is 32.9 Å². The van der Waals surface area contributed by atoms with Crippen LogP contribution in [-0.2, 0) is 11.3 Å². The molecule has 0 heterocycles. The Morgan fingerprint density at radius 1 is 1.10 bits per heavy atom. The molecule has 0 radical (unpaired) electrons. The fraction of sp³-hybridized carbons (Fsp3) is 0.588. The zero-order valence-corrected chi connectivity index (χ0v) is 13.9. The van der Waals surface area contributed by atoms with Gasteiger partial charge in [-0.2, -0.15) is 0 Å². The van der Waals surface area contributed by atoms with Gasteiger partial charge in [0.2, 0.25) is 5.91 Å². The summed E-state index contributed by atoms with van der Waals surface area (Å²) in [5.41, 5.74) is 2.40. The second-order valence-electron chi connectivity index (χ2n) is 5.55. The molecule has 0 saturated carbocycles. The highest BCUT2D eigenvalue weighted by Crippen LogP contribution is 2.16. The number of anilines is 1. The highest BCUT2D eigenvalue weighted by molar-refractivity contribution is 5.81. The average molecular weight is 291 g/mol. The summed E-state index contributed by atoms with van der Waals surface area (Å²) >= 11 is 0. The zero-order valence-electron chi connectivity index (χ0n) is 13.9. The second kappa shape index (κ2) is 9.40. The number of nitrogens with one attached hydrogen (secondary N) is 1. The van der Waals surface area contributed by atoms with Crippen molar-refractivity contribution in [3.63, 3.8) is 0 Å². The molecule has 0 aliphatic heterocycles. The number of benzene rings is 1. The fourth-order valence-corrected chi connectivity index (χ4v) is 2.11. The van der Waals surface area contributed by atoms with E-state index < -0.39 is 0 Å². The molecule has 1 aromatic rings. The van der Waals surface area contributed by atoms with Crippen molar-refractivity contribution >= 4 is 11.6 Å². The summed E-state index contributed by atoms with van der Waals surface area (Å²) in [5, 5.41) is 3.40. The third-order valence-corrected chi connectivity index (χ3v) is 3.38. The Labute approximate surface area is 129 Å².